The topological polar surface area (TPSA) is 79.1 Å². The molecule has 1 aliphatic heterocycles. The molecular weight excluding hydrogens is 439 g/mol. The van der Waals surface area contributed by atoms with Gasteiger partial charge in [0.05, 0.1) is 17.6 Å². The molecule has 0 unspecified atom stereocenters. The Hall–Kier alpha value is -3.53. The third-order valence-electron chi connectivity index (χ3n) is 5.91. The number of rotatable bonds is 5. The van der Waals surface area contributed by atoms with E-state index in [-0.39, 0.29) is 11.4 Å². The van der Waals surface area contributed by atoms with Crippen molar-refractivity contribution in [3.8, 4) is 11.5 Å². The van der Waals surface area contributed by atoms with Gasteiger partial charge in [-0.05, 0) is 41.1 Å². The first kappa shape index (κ1) is 22.7. The van der Waals surface area contributed by atoms with Crippen LogP contribution in [0.3, 0.4) is 0 Å². The van der Waals surface area contributed by atoms with Gasteiger partial charge < -0.3 is 14.7 Å². The van der Waals surface area contributed by atoms with Crippen LogP contribution in [-0.4, -0.2) is 48.2 Å². The van der Waals surface area contributed by atoms with Gasteiger partial charge in [0.2, 0.25) is 0 Å². The van der Waals surface area contributed by atoms with Crippen LogP contribution in [0.2, 0.25) is 0 Å². The predicted molar refractivity (Wildman–Crippen MR) is 118 cm³/mol. The molecule has 0 saturated carbocycles. The Kier molecular flexibility index (Phi) is 6.03. The van der Waals surface area contributed by atoms with Gasteiger partial charge in [0.1, 0.15) is 17.2 Å². The second kappa shape index (κ2) is 8.78. The summed E-state index contributed by atoms with van der Waals surface area (Å²) in [6, 6.07) is 11.7. The van der Waals surface area contributed by atoms with Crippen molar-refractivity contribution >= 4 is 22.1 Å². The van der Waals surface area contributed by atoms with Gasteiger partial charge >= 0.3 is 6.18 Å². The zero-order valence-corrected chi connectivity index (χ0v) is 17.8. The zero-order valence-electron chi connectivity index (χ0n) is 17.8. The summed E-state index contributed by atoms with van der Waals surface area (Å²) in [5.74, 6) is 0.838. The molecule has 4 rings (SSSR count). The monoisotopic (exact) mass is 461 g/mol. The molecule has 1 heterocycles. The van der Waals surface area contributed by atoms with Crippen LogP contribution >= 0.6 is 0 Å². The molecule has 1 aliphatic rings. The van der Waals surface area contributed by atoms with E-state index < -0.39 is 22.4 Å². The minimum absolute atomic E-state index is 0.163. The number of methoxy groups -OCH3 is 1. The number of nitro groups is 1. The molecule has 1 fully saturated rings. The highest BCUT2D eigenvalue weighted by atomic mass is 19.4. The van der Waals surface area contributed by atoms with Crippen molar-refractivity contribution in [3.63, 3.8) is 0 Å². The maximum atomic E-state index is 13.0. The van der Waals surface area contributed by atoms with E-state index in [4.69, 9.17) is 4.74 Å². The van der Waals surface area contributed by atoms with Gasteiger partial charge in [0, 0.05) is 44.4 Å². The molecule has 1 saturated heterocycles. The summed E-state index contributed by atoms with van der Waals surface area (Å²) in [6.45, 7) is 2.32. The predicted octanol–water partition coefficient (Wildman–Crippen LogP) is 4.80. The van der Waals surface area contributed by atoms with Gasteiger partial charge in [0.15, 0.2) is 0 Å². The minimum atomic E-state index is -4.65. The van der Waals surface area contributed by atoms with Gasteiger partial charge in [-0.25, -0.2) is 0 Å². The van der Waals surface area contributed by atoms with E-state index >= 15 is 0 Å². The van der Waals surface area contributed by atoms with Crippen LogP contribution in [0.1, 0.15) is 11.1 Å². The van der Waals surface area contributed by atoms with Crippen LogP contribution < -0.4 is 9.64 Å². The van der Waals surface area contributed by atoms with Gasteiger partial charge in [-0.2, -0.15) is 13.2 Å². The molecule has 33 heavy (non-hydrogen) atoms. The highest BCUT2D eigenvalue weighted by Gasteiger charge is 2.34. The molecule has 0 radical (unpaired) electrons. The Balaban J connectivity index is 1.53. The van der Waals surface area contributed by atoms with Crippen molar-refractivity contribution in [1.29, 1.82) is 0 Å². The van der Waals surface area contributed by atoms with Gasteiger partial charge in [-0.3, -0.25) is 15.0 Å². The lowest BCUT2D eigenvalue weighted by Gasteiger charge is -2.36. The first-order chi connectivity index (χ1) is 15.7. The van der Waals surface area contributed by atoms with Gasteiger partial charge in [-0.15, -0.1) is 0 Å². The summed E-state index contributed by atoms with van der Waals surface area (Å²) in [5, 5.41) is 23.7. The van der Waals surface area contributed by atoms with Gasteiger partial charge in [0.25, 0.3) is 5.69 Å². The normalized spacial score (nSPS) is 15.1. The van der Waals surface area contributed by atoms with Crippen LogP contribution in [0.25, 0.3) is 10.8 Å². The largest absolute Gasteiger partial charge is 0.508 e. The number of ether oxygens (including phenoxy) is 1. The highest BCUT2D eigenvalue weighted by molar-refractivity contribution is 5.89. The number of nitro benzene ring substituents is 1. The fourth-order valence-corrected chi connectivity index (χ4v) is 4.13. The van der Waals surface area contributed by atoms with Crippen molar-refractivity contribution < 1.29 is 27.9 Å². The number of benzene rings is 3. The van der Waals surface area contributed by atoms with E-state index in [0.29, 0.717) is 44.5 Å². The van der Waals surface area contributed by atoms with E-state index in [1.165, 1.54) is 6.07 Å². The third-order valence-corrected chi connectivity index (χ3v) is 5.91. The van der Waals surface area contributed by atoms with E-state index in [1.54, 1.807) is 18.1 Å². The summed E-state index contributed by atoms with van der Waals surface area (Å²) in [4.78, 5) is 14.5. The Morgan fingerprint density at radius 1 is 1.06 bits per heavy atom. The number of hydrogen-bond acceptors (Lipinski definition) is 6. The first-order valence-electron chi connectivity index (χ1n) is 10.3. The average Bonchev–Trinajstić information content (AvgIpc) is 2.80. The number of fused-ring (bicyclic) bond motifs is 1. The van der Waals surface area contributed by atoms with Crippen LogP contribution in [0.15, 0.2) is 48.5 Å². The SMILES string of the molecule is COc1ccc2ccc(O)c(CN3CCN(c4ccc(C(F)(F)F)cc4[N+](=O)[O-])CC3)c2c1. The quantitative estimate of drug-likeness (QED) is 0.434. The van der Waals surface area contributed by atoms with Crippen molar-refractivity contribution in [2.45, 2.75) is 12.7 Å². The summed E-state index contributed by atoms with van der Waals surface area (Å²) < 4.78 is 44.3. The van der Waals surface area contributed by atoms with E-state index in [2.05, 4.69) is 4.90 Å². The Labute approximate surface area is 187 Å². The number of phenolic OH excluding ortho intramolecular Hbond substituents is 1. The average molecular weight is 461 g/mol. The number of hydrogen-bond donors (Lipinski definition) is 1. The molecule has 0 atom stereocenters. The van der Waals surface area contributed by atoms with E-state index in [9.17, 15) is 28.4 Å². The summed E-state index contributed by atoms with van der Waals surface area (Å²) >= 11 is 0. The summed E-state index contributed by atoms with van der Waals surface area (Å²) in [5.41, 5.74) is -0.679. The third kappa shape index (κ3) is 4.65. The standard InChI is InChI=1S/C23H22F3N3O4/c1-33-17-5-2-15-3-7-22(30)19(18(15)13-17)14-27-8-10-28(11-9-27)20-6-4-16(23(24,25)26)12-21(20)29(31)32/h2-7,12-13,30H,8-11,14H2,1H3. The number of halogens is 3. The minimum Gasteiger partial charge on any atom is -0.508 e. The Bertz CT molecular complexity index is 1190. The van der Waals surface area contributed by atoms with Crippen LogP contribution in [0, 0.1) is 10.1 Å². The van der Waals surface area contributed by atoms with Crippen LogP contribution in [0.4, 0.5) is 24.5 Å². The first-order valence-corrected chi connectivity index (χ1v) is 10.3. The fourth-order valence-electron chi connectivity index (χ4n) is 4.13. The van der Waals surface area contributed by atoms with Crippen molar-refractivity contribution in [1.82, 2.24) is 4.90 Å². The lowest BCUT2D eigenvalue weighted by atomic mass is 10.0. The van der Waals surface area contributed by atoms with E-state index in [0.717, 1.165) is 22.4 Å². The number of aromatic hydroxyl groups is 1. The fraction of sp³-hybridized carbons (Fsp3) is 0.304. The van der Waals surface area contributed by atoms with Crippen LogP contribution in [0.5, 0.6) is 11.5 Å². The summed E-state index contributed by atoms with van der Waals surface area (Å²) in [7, 11) is 1.57. The number of phenols is 1. The molecule has 0 aliphatic carbocycles. The molecule has 0 spiro atoms. The Morgan fingerprint density at radius 3 is 2.39 bits per heavy atom. The second-order valence-electron chi connectivity index (χ2n) is 7.87. The molecular formula is C23H22F3N3O4. The van der Waals surface area contributed by atoms with E-state index in [1.807, 2.05) is 24.3 Å². The summed E-state index contributed by atoms with van der Waals surface area (Å²) in [6.07, 6.45) is -4.65. The number of anilines is 1. The molecule has 0 aromatic heterocycles. The molecule has 10 heteroatoms. The number of nitrogens with zero attached hydrogens (tertiary/aromatic N) is 3. The smallest absolute Gasteiger partial charge is 0.416 e. The molecule has 3 aromatic rings. The molecule has 7 nitrogen and oxygen atoms in total. The van der Waals surface area contributed by atoms with Crippen LogP contribution in [-0.2, 0) is 12.7 Å². The second-order valence-corrected chi connectivity index (χ2v) is 7.87. The van der Waals surface area contributed by atoms with Crippen molar-refractivity contribution in [2.75, 3.05) is 38.2 Å². The highest BCUT2D eigenvalue weighted by Crippen LogP contribution is 2.37. The van der Waals surface area contributed by atoms with Crippen molar-refractivity contribution in [2.24, 2.45) is 0 Å². The molecule has 0 amide bonds. The molecule has 3 aromatic carbocycles. The number of piperazine rings is 1. The lowest BCUT2D eigenvalue weighted by Crippen LogP contribution is -2.46. The van der Waals surface area contributed by atoms with Crippen molar-refractivity contribution in [3.05, 3.63) is 69.8 Å². The molecule has 174 valence electrons. The zero-order chi connectivity index (χ0) is 23.8. The molecule has 1 N–H and O–H groups in total. The number of alkyl halides is 3. The lowest BCUT2D eigenvalue weighted by molar-refractivity contribution is -0.384. The maximum absolute atomic E-state index is 13.0. The Morgan fingerprint density at radius 2 is 1.76 bits per heavy atom. The van der Waals surface area contributed by atoms with Gasteiger partial charge in [-0.1, -0.05) is 12.1 Å². The molecule has 0 bridgehead atoms. The maximum Gasteiger partial charge on any atom is 0.416 e.